The number of thiophene rings is 1. The van der Waals surface area contributed by atoms with Crippen LogP contribution in [0.5, 0.6) is 0 Å². The number of pyridine rings is 1. The first-order chi connectivity index (χ1) is 13.5. The molecule has 0 unspecified atom stereocenters. The number of nitrogen functional groups attached to an aromatic ring is 1. The molecule has 6 nitrogen and oxygen atoms in total. The second-order valence-corrected chi connectivity index (χ2v) is 7.84. The van der Waals surface area contributed by atoms with E-state index in [2.05, 4.69) is 11.0 Å². The lowest BCUT2D eigenvalue weighted by atomic mass is 10.0. The van der Waals surface area contributed by atoms with E-state index in [0.717, 1.165) is 26.9 Å². The van der Waals surface area contributed by atoms with Crippen LogP contribution < -0.4 is 10.6 Å². The Morgan fingerprint density at radius 3 is 2.96 bits per heavy atom. The maximum Gasteiger partial charge on any atom is 0.342 e. The van der Waals surface area contributed by atoms with E-state index in [4.69, 9.17) is 15.5 Å². The Kier molecular flexibility index (Phi) is 4.65. The molecule has 7 heteroatoms. The maximum atomic E-state index is 12.8. The molecule has 0 spiro atoms. The van der Waals surface area contributed by atoms with E-state index in [1.54, 1.807) is 6.92 Å². The second-order valence-electron chi connectivity index (χ2n) is 6.70. The van der Waals surface area contributed by atoms with Crippen LogP contribution in [-0.2, 0) is 17.7 Å². The van der Waals surface area contributed by atoms with Gasteiger partial charge in [-0.2, -0.15) is 5.26 Å². The molecule has 1 aromatic carbocycles. The van der Waals surface area contributed by atoms with Crippen molar-refractivity contribution in [3.63, 3.8) is 0 Å². The van der Waals surface area contributed by atoms with Gasteiger partial charge >= 0.3 is 5.97 Å². The molecule has 0 saturated heterocycles. The van der Waals surface area contributed by atoms with Gasteiger partial charge < -0.3 is 15.4 Å². The Morgan fingerprint density at radius 2 is 2.21 bits per heavy atom. The van der Waals surface area contributed by atoms with E-state index in [0.29, 0.717) is 48.1 Å². The third-order valence-electron chi connectivity index (χ3n) is 5.11. The summed E-state index contributed by atoms with van der Waals surface area (Å²) >= 11 is 1.44. The molecular formula is C21H20N4O2S. The Morgan fingerprint density at radius 1 is 1.43 bits per heavy atom. The minimum absolute atomic E-state index is 0.307. The third kappa shape index (κ3) is 2.86. The summed E-state index contributed by atoms with van der Waals surface area (Å²) in [7, 11) is 0. The van der Waals surface area contributed by atoms with Crippen molar-refractivity contribution in [3.05, 3.63) is 51.4 Å². The van der Waals surface area contributed by atoms with Crippen LogP contribution in [0, 0.1) is 18.3 Å². The van der Waals surface area contributed by atoms with Crippen LogP contribution >= 0.6 is 11.3 Å². The highest BCUT2D eigenvalue weighted by Gasteiger charge is 2.29. The van der Waals surface area contributed by atoms with Crippen molar-refractivity contribution in [2.24, 2.45) is 0 Å². The number of benzene rings is 1. The van der Waals surface area contributed by atoms with E-state index in [1.165, 1.54) is 11.3 Å². The highest BCUT2D eigenvalue weighted by molar-refractivity contribution is 7.16. The summed E-state index contributed by atoms with van der Waals surface area (Å²) < 4.78 is 5.33. The standard InChI is InChI=1S/C21H20N4O2S/c1-3-27-21(26)18-12(2)13-6-4-5-7-16(13)24-20(18)25-9-8-14-15(10-22)19(23)28-17(14)11-25/h4-7H,3,8-9,11,23H2,1-2H3. The number of anilines is 2. The number of carbonyl (C=O) groups excluding carboxylic acids is 1. The number of para-hydroxylation sites is 1. The number of nitriles is 1. The van der Waals surface area contributed by atoms with Crippen molar-refractivity contribution >= 4 is 39.0 Å². The molecule has 1 aliphatic rings. The fraction of sp³-hybridized carbons (Fsp3) is 0.286. The van der Waals surface area contributed by atoms with Gasteiger partial charge in [0, 0.05) is 16.8 Å². The summed E-state index contributed by atoms with van der Waals surface area (Å²) in [6.07, 6.45) is 0.696. The number of hydrogen-bond donors (Lipinski definition) is 1. The monoisotopic (exact) mass is 392 g/mol. The maximum absolute atomic E-state index is 12.8. The summed E-state index contributed by atoms with van der Waals surface area (Å²) in [5.74, 6) is 0.272. The second kappa shape index (κ2) is 7.13. The molecule has 0 aliphatic carbocycles. The fourth-order valence-electron chi connectivity index (χ4n) is 3.77. The molecule has 142 valence electrons. The molecule has 1 aliphatic heterocycles. The molecule has 0 amide bonds. The zero-order valence-corrected chi connectivity index (χ0v) is 16.6. The molecule has 2 aromatic heterocycles. The molecule has 3 heterocycles. The van der Waals surface area contributed by atoms with Crippen LogP contribution in [0.15, 0.2) is 24.3 Å². The molecule has 3 aromatic rings. The number of nitrogens with zero attached hydrogens (tertiary/aromatic N) is 3. The third-order valence-corrected chi connectivity index (χ3v) is 6.15. The summed E-state index contributed by atoms with van der Waals surface area (Å²) in [5.41, 5.74) is 9.86. The Labute approximate surface area is 167 Å². The van der Waals surface area contributed by atoms with Crippen molar-refractivity contribution < 1.29 is 9.53 Å². The lowest BCUT2D eigenvalue weighted by Crippen LogP contribution is -2.32. The average molecular weight is 392 g/mol. The number of ether oxygens (including phenoxy) is 1. The zero-order chi connectivity index (χ0) is 19.8. The molecule has 0 atom stereocenters. The Balaban J connectivity index is 1.84. The van der Waals surface area contributed by atoms with Crippen molar-refractivity contribution in [2.45, 2.75) is 26.8 Å². The van der Waals surface area contributed by atoms with Gasteiger partial charge in [-0.3, -0.25) is 0 Å². The number of hydrogen-bond acceptors (Lipinski definition) is 7. The lowest BCUT2D eigenvalue weighted by Gasteiger charge is -2.30. The van der Waals surface area contributed by atoms with Gasteiger partial charge in [-0.1, -0.05) is 18.2 Å². The Hall–Kier alpha value is -3.11. The highest BCUT2D eigenvalue weighted by atomic mass is 32.1. The molecule has 0 saturated carbocycles. The van der Waals surface area contributed by atoms with E-state index in [-0.39, 0.29) is 5.97 Å². The Bertz CT molecular complexity index is 1130. The van der Waals surface area contributed by atoms with Crippen LogP contribution in [0.2, 0.25) is 0 Å². The van der Waals surface area contributed by atoms with Crippen LogP contribution in [0.3, 0.4) is 0 Å². The van der Waals surface area contributed by atoms with Gasteiger partial charge in [0.15, 0.2) is 0 Å². The molecule has 0 fully saturated rings. The van der Waals surface area contributed by atoms with Gasteiger partial charge in [-0.15, -0.1) is 11.3 Å². The van der Waals surface area contributed by atoms with E-state index >= 15 is 0 Å². The van der Waals surface area contributed by atoms with Gasteiger partial charge in [0.05, 0.1) is 24.2 Å². The molecule has 0 radical (unpaired) electrons. The van der Waals surface area contributed by atoms with Gasteiger partial charge in [-0.05, 0) is 37.5 Å². The summed E-state index contributed by atoms with van der Waals surface area (Å²) in [5, 5.41) is 10.9. The van der Waals surface area contributed by atoms with E-state index in [1.807, 2.05) is 31.2 Å². The number of fused-ring (bicyclic) bond motifs is 2. The number of esters is 1. The highest BCUT2D eigenvalue weighted by Crippen LogP contribution is 2.37. The van der Waals surface area contributed by atoms with E-state index < -0.39 is 0 Å². The van der Waals surface area contributed by atoms with Crippen molar-refractivity contribution in [3.8, 4) is 6.07 Å². The minimum atomic E-state index is -0.359. The summed E-state index contributed by atoms with van der Waals surface area (Å²) in [6, 6.07) is 10.0. The molecule has 2 N–H and O–H groups in total. The number of aromatic nitrogens is 1. The molecular weight excluding hydrogens is 372 g/mol. The van der Waals surface area contributed by atoms with Crippen LogP contribution in [-0.4, -0.2) is 24.1 Å². The lowest BCUT2D eigenvalue weighted by molar-refractivity contribution is 0.0526. The van der Waals surface area contributed by atoms with Crippen molar-refractivity contribution in [1.82, 2.24) is 4.98 Å². The fourth-order valence-corrected chi connectivity index (χ4v) is 4.85. The van der Waals surface area contributed by atoms with Gasteiger partial charge in [0.1, 0.15) is 22.5 Å². The van der Waals surface area contributed by atoms with Crippen LogP contribution in [0.1, 0.15) is 38.8 Å². The average Bonchev–Trinajstić information content (AvgIpc) is 3.02. The minimum Gasteiger partial charge on any atom is -0.462 e. The predicted octanol–water partition coefficient (Wildman–Crippen LogP) is 3.80. The summed E-state index contributed by atoms with van der Waals surface area (Å²) in [4.78, 5) is 20.7. The largest absolute Gasteiger partial charge is 0.462 e. The number of aryl methyl sites for hydroxylation is 1. The zero-order valence-electron chi connectivity index (χ0n) is 15.8. The number of rotatable bonds is 3. The quantitative estimate of drug-likeness (QED) is 0.682. The van der Waals surface area contributed by atoms with Crippen molar-refractivity contribution in [2.75, 3.05) is 23.8 Å². The van der Waals surface area contributed by atoms with Crippen molar-refractivity contribution in [1.29, 1.82) is 5.26 Å². The SMILES string of the molecule is CCOC(=O)c1c(N2CCc3c(sc(N)c3C#N)C2)nc2ccccc2c1C. The van der Waals surface area contributed by atoms with Gasteiger partial charge in [-0.25, -0.2) is 9.78 Å². The van der Waals surface area contributed by atoms with Crippen LogP contribution in [0.4, 0.5) is 10.8 Å². The smallest absolute Gasteiger partial charge is 0.342 e. The molecule has 4 rings (SSSR count). The predicted molar refractivity (Wildman–Crippen MR) is 111 cm³/mol. The normalized spacial score (nSPS) is 13.2. The van der Waals surface area contributed by atoms with E-state index in [9.17, 15) is 10.1 Å². The first-order valence-electron chi connectivity index (χ1n) is 9.16. The van der Waals surface area contributed by atoms with Crippen LogP contribution in [0.25, 0.3) is 10.9 Å². The van der Waals surface area contributed by atoms with Gasteiger partial charge in [0.25, 0.3) is 0 Å². The molecule has 28 heavy (non-hydrogen) atoms. The summed E-state index contributed by atoms with van der Waals surface area (Å²) in [6.45, 7) is 5.28. The first-order valence-corrected chi connectivity index (χ1v) is 9.98. The number of nitrogens with two attached hydrogens (primary N) is 1. The topological polar surface area (TPSA) is 92.2 Å². The first kappa shape index (κ1) is 18.3. The number of carbonyl (C=O) groups is 1. The van der Waals surface area contributed by atoms with Gasteiger partial charge in [0.2, 0.25) is 0 Å². The molecule has 0 bridgehead atoms.